The number of carbonyl (C=O) groups is 2. The summed E-state index contributed by atoms with van der Waals surface area (Å²) in [6.07, 6.45) is 2.02. The van der Waals surface area contributed by atoms with Crippen molar-refractivity contribution >= 4 is 17.9 Å². The third kappa shape index (κ3) is 7.78. The van der Waals surface area contributed by atoms with Gasteiger partial charge in [0, 0.05) is 12.3 Å². The molecule has 0 aliphatic carbocycles. The molecule has 2 aromatic heterocycles. The number of benzene rings is 1. The molecule has 198 valence electrons. The van der Waals surface area contributed by atoms with Crippen LogP contribution in [0.15, 0.2) is 53.3 Å². The van der Waals surface area contributed by atoms with E-state index in [0.29, 0.717) is 29.3 Å². The SMILES string of the molecule is COC(=O)Nc1cc(-c2ccc(O[C@H](N)C(CC(C)C)C(=O)OC(C)(C)C)c(-c3ccno3)c2)ccn1. The highest BCUT2D eigenvalue weighted by Gasteiger charge is 2.33. The Kier molecular flexibility index (Phi) is 8.88. The zero-order valence-electron chi connectivity index (χ0n) is 22.0. The van der Waals surface area contributed by atoms with Gasteiger partial charge in [-0.1, -0.05) is 25.1 Å². The maximum Gasteiger partial charge on any atom is 0.412 e. The summed E-state index contributed by atoms with van der Waals surface area (Å²) >= 11 is 0. The summed E-state index contributed by atoms with van der Waals surface area (Å²) in [6, 6.07) is 10.7. The molecule has 0 fully saturated rings. The molecule has 0 spiro atoms. The zero-order chi connectivity index (χ0) is 27.2. The number of amides is 1. The van der Waals surface area contributed by atoms with Crippen LogP contribution in [-0.4, -0.2) is 41.1 Å². The van der Waals surface area contributed by atoms with E-state index in [-0.39, 0.29) is 5.92 Å². The molecule has 37 heavy (non-hydrogen) atoms. The Balaban J connectivity index is 1.94. The van der Waals surface area contributed by atoms with Gasteiger partial charge in [0.1, 0.15) is 23.1 Å². The summed E-state index contributed by atoms with van der Waals surface area (Å²) in [4.78, 5) is 28.7. The number of esters is 1. The molecular weight excluding hydrogens is 476 g/mol. The molecule has 2 atom stereocenters. The lowest BCUT2D eigenvalue weighted by Gasteiger charge is -2.29. The number of pyridine rings is 1. The number of anilines is 1. The predicted molar refractivity (Wildman–Crippen MR) is 139 cm³/mol. The van der Waals surface area contributed by atoms with Crippen LogP contribution in [0.2, 0.25) is 0 Å². The smallest absolute Gasteiger partial charge is 0.412 e. The van der Waals surface area contributed by atoms with Crippen LogP contribution < -0.4 is 15.8 Å². The maximum atomic E-state index is 13.0. The van der Waals surface area contributed by atoms with E-state index in [1.54, 1.807) is 30.5 Å². The van der Waals surface area contributed by atoms with Gasteiger partial charge in [0.05, 0.1) is 18.9 Å². The molecule has 3 rings (SSSR count). The Morgan fingerprint density at radius 1 is 1.08 bits per heavy atom. The predicted octanol–water partition coefficient (Wildman–Crippen LogP) is 5.25. The fourth-order valence-electron chi connectivity index (χ4n) is 3.67. The lowest BCUT2D eigenvalue weighted by molar-refractivity contribution is -0.164. The lowest BCUT2D eigenvalue weighted by Crippen LogP contribution is -2.43. The molecule has 1 aromatic carbocycles. The maximum absolute atomic E-state index is 13.0. The van der Waals surface area contributed by atoms with Crippen LogP contribution in [0, 0.1) is 11.8 Å². The quantitative estimate of drug-likeness (QED) is 0.292. The van der Waals surface area contributed by atoms with Gasteiger partial charge in [-0.3, -0.25) is 15.8 Å². The standard InChI is InChI=1S/C27H34N4O6/c1-16(2)13-20(25(32)36-27(3,4)5)24(28)35-21-8-7-17(14-19(21)22-10-12-30-37-22)18-9-11-29-23(15-18)31-26(33)34-6/h7-12,14-16,20,24H,13,28H2,1-6H3,(H,29,31,33)/t20?,24-/m0/s1. The summed E-state index contributed by atoms with van der Waals surface area (Å²) in [5.74, 6) is 0.336. The highest BCUT2D eigenvalue weighted by molar-refractivity contribution is 5.85. The van der Waals surface area contributed by atoms with Crippen LogP contribution in [-0.2, 0) is 14.3 Å². The molecule has 3 aromatic rings. The van der Waals surface area contributed by atoms with Gasteiger partial charge < -0.3 is 18.7 Å². The fraction of sp³-hybridized carbons (Fsp3) is 0.407. The number of aromatic nitrogens is 2. The molecule has 10 heteroatoms. The van der Waals surface area contributed by atoms with Crippen molar-refractivity contribution in [1.29, 1.82) is 0 Å². The first kappa shape index (κ1) is 27.7. The monoisotopic (exact) mass is 510 g/mol. The van der Waals surface area contributed by atoms with Gasteiger partial charge in [-0.15, -0.1) is 0 Å². The summed E-state index contributed by atoms with van der Waals surface area (Å²) in [6.45, 7) is 9.47. The molecular formula is C27H34N4O6. The number of hydrogen-bond acceptors (Lipinski definition) is 9. The second-order valence-corrected chi connectivity index (χ2v) is 9.99. The number of carbonyl (C=O) groups excluding carboxylic acids is 2. The molecule has 10 nitrogen and oxygen atoms in total. The van der Waals surface area contributed by atoms with E-state index in [4.69, 9.17) is 19.7 Å². The Labute approximate surface area is 216 Å². The van der Waals surface area contributed by atoms with E-state index in [0.717, 1.165) is 11.1 Å². The van der Waals surface area contributed by atoms with Crippen LogP contribution >= 0.6 is 0 Å². The molecule has 3 N–H and O–H groups in total. The van der Waals surface area contributed by atoms with Crippen molar-refractivity contribution in [2.45, 2.75) is 52.9 Å². The van der Waals surface area contributed by atoms with Gasteiger partial charge in [0.2, 0.25) is 0 Å². The van der Waals surface area contributed by atoms with Crippen molar-refractivity contribution in [2.75, 3.05) is 12.4 Å². The van der Waals surface area contributed by atoms with Crippen molar-refractivity contribution in [1.82, 2.24) is 10.1 Å². The number of nitrogens with zero attached hydrogens (tertiary/aromatic N) is 2. The molecule has 1 unspecified atom stereocenters. The summed E-state index contributed by atoms with van der Waals surface area (Å²) < 4.78 is 21.8. The van der Waals surface area contributed by atoms with Crippen LogP contribution in [0.4, 0.5) is 10.6 Å². The highest BCUT2D eigenvalue weighted by Crippen LogP contribution is 2.36. The first-order valence-corrected chi connectivity index (χ1v) is 12.0. The minimum Gasteiger partial charge on any atom is -0.474 e. The Bertz CT molecular complexity index is 1200. The third-order valence-corrected chi connectivity index (χ3v) is 5.29. The normalized spacial score (nSPS) is 13.1. The van der Waals surface area contributed by atoms with Crippen molar-refractivity contribution in [3.05, 3.63) is 48.8 Å². The third-order valence-electron chi connectivity index (χ3n) is 5.29. The number of nitrogens with two attached hydrogens (primary N) is 1. The molecule has 0 saturated heterocycles. The minimum absolute atomic E-state index is 0.197. The van der Waals surface area contributed by atoms with Gasteiger partial charge in [-0.25, -0.2) is 9.78 Å². The average molecular weight is 511 g/mol. The van der Waals surface area contributed by atoms with Gasteiger partial charge in [0.15, 0.2) is 12.0 Å². The van der Waals surface area contributed by atoms with Crippen LogP contribution in [0.25, 0.3) is 22.5 Å². The highest BCUT2D eigenvalue weighted by atomic mass is 16.6. The van der Waals surface area contributed by atoms with Crippen LogP contribution in [0.5, 0.6) is 5.75 Å². The molecule has 2 heterocycles. The van der Waals surface area contributed by atoms with Crippen LogP contribution in [0.1, 0.15) is 41.0 Å². The van der Waals surface area contributed by atoms with Gasteiger partial charge in [-0.2, -0.15) is 0 Å². The van der Waals surface area contributed by atoms with Crippen molar-refractivity contribution in [3.8, 4) is 28.2 Å². The molecule has 0 saturated carbocycles. The van der Waals surface area contributed by atoms with Crippen molar-refractivity contribution in [3.63, 3.8) is 0 Å². The van der Waals surface area contributed by atoms with E-state index in [2.05, 4.69) is 20.2 Å². The average Bonchev–Trinajstić information content (AvgIpc) is 3.36. The summed E-state index contributed by atoms with van der Waals surface area (Å²) in [5, 5.41) is 6.36. The van der Waals surface area contributed by atoms with Crippen molar-refractivity contribution in [2.24, 2.45) is 17.6 Å². The van der Waals surface area contributed by atoms with E-state index < -0.39 is 29.8 Å². The zero-order valence-corrected chi connectivity index (χ0v) is 22.0. The fourth-order valence-corrected chi connectivity index (χ4v) is 3.67. The molecule has 0 aliphatic rings. The number of methoxy groups -OCH3 is 1. The van der Waals surface area contributed by atoms with E-state index in [9.17, 15) is 9.59 Å². The van der Waals surface area contributed by atoms with Gasteiger partial charge in [-0.05, 0) is 68.5 Å². The number of ether oxygens (including phenoxy) is 3. The molecule has 1 amide bonds. The summed E-state index contributed by atoms with van der Waals surface area (Å²) in [5.41, 5.74) is 7.97. The topological polar surface area (TPSA) is 139 Å². The first-order chi connectivity index (χ1) is 17.5. The van der Waals surface area contributed by atoms with Crippen LogP contribution in [0.3, 0.4) is 0 Å². The van der Waals surface area contributed by atoms with Crippen molar-refractivity contribution < 1.29 is 28.3 Å². The molecule has 0 bridgehead atoms. The van der Waals surface area contributed by atoms with Gasteiger partial charge >= 0.3 is 12.1 Å². The van der Waals surface area contributed by atoms with E-state index >= 15 is 0 Å². The molecule has 0 aliphatic heterocycles. The summed E-state index contributed by atoms with van der Waals surface area (Å²) in [7, 11) is 1.28. The number of rotatable bonds is 9. The lowest BCUT2D eigenvalue weighted by atomic mass is 9.95. The molecule has 0 radical (unpaired) electrons. The largest absolute Gasteiger partial charge is 0.474 e. The number of nitrogens with one attached hydrogen (secondary N) is 1. The Hall–Kier alpha value is -3.92. The van der Waals surface area contributed by atoms with Gasteiger partial charge in [0.25, 0.3) is 0 Å². The minimum atomic E-state index is -0.957. The number of hydrogen-bond donors (Lipinski definition) is 2. The first-order valence-electron chi connectivity index (χ1n) is 12.0. The van der Waals surface area contributed by atoms with E-state index in [1.165, 1.54) is 13.3 Å². The Morgan fingerprint density at radius 2 is 1.81 bits per heavy atom. The second kappa shape index (κ2) is 11.9. The second-order valence-electron chi connectivity index (χ2n) is 9.99. The Morgan fingerprint density at radius 3 is 2.43 bits per heavy atom. The van der Waals surface area contributed by atoms with E-state index in [1.807, 2.05) is 46.8 Å².